The highest BCUT2D eigenvalue weighted by molar-refractivity contribution is 8.00. The summed E-state index contributed by atoms with van der Waals surface area (Å²) >= 11 is 7.27. The monoisotopic (exact) mass is 570 g/mol. The molecule has 0 aliphatic carbocycles. The highest BCUT2D eigenvalue weighted by atomic mass is 35.5. The number of halogens is 4. The van der Waals surface area contributed by atoms with Crippen LogP contribution in [-0.4, -0.2) is 18.4 Å². The summed E-state index contributed by atoms with van der Waals surface area (Å²) in [5.41, 5.74) is 0.0619. The number of benzene rings is 4. The molecule has 4 rings (SSSR count). The van der Waals surface area contributed by atoms with E-state index in [1.165, 1.54) is 11.8 Å². The fraction of sp³-hybridized carbons (Fsp3) is 0.103. The number of carbonyl (C=O) groups excluding carboxylic acids is 2. The molecule has 0 aromatic heterocycles. The topological polar surface area (TPSA) is 67.4 Å². The van der Waals surface area contributed by atoms with E-state index in [9.17, 15) is 22.8 Å². The smallest absolute Gasteiger partial charge is 0.416 e. The van der Waals surface area contributed by atoms with Crippen molar-refractivity contribution in [2.45, 2.75) is 16.3 Å². The fourth-order valence-electron chi connectivity index (χ4n) is 3.54. The summed E-state index contributed by atoms with van der Waals surface area (Å²) < 4.78 is 45.1. The second kappa shape index (κ2) is 12.7. The molecule has 1 atom stereocenters. The predicted octanol–water partition coefficient (Wildman–Crippen LogP) is 7.85. The minimum atomic E-state index is -4.59. The van der Waals surface area contributed by atoms with E-state index >= 15 is 0 Å². The van der Waals surface area contributed by atoms with Gasteiger partial charge < -0.3 is 15.4 Å². The van der Waals surface area contributed by atoms with E-state index in [1.807, 2.05) is 6.07 Å². The van der Waals surface area contributed by atoms with Gasteiger partial charge in [-0.25, -0.2) is 0 Å². The number of carbonyl (C=O) groups is 2. The highest BCUT2D eigenvalue weighted by Gasteiger charge is 2.31. The number of alkyl halides is 3. The molecule has 0 fully saturated rings. The Morgan fingerprint density at radius 2 is 1.54 bits per heavy atom. The Labute approximate surface area is 232 Å². The van der Waals surface area contributed by atoms with Gasteiger partial charge in [0, 0.05) is 10.6 Å². The number of hydrogen-bond donors (Lipinski definition) is 2. The van der Waals surface area contributed by atoms with Crippen molar-refractivity contribution in [2.75, 3.05) is 17.2 Å². The molecule has 1 unspecified atom stereocenters. The Hall–Kier alpha value is -3.95. The SMILES string of the molecule is O=C(COc1ccccc1)Nc1cccc(SC(C(=O)Nc2cc(C(F)(F)F)ccc2Cl)c2ccccc2)c1. The number of para-hydroxylation sites is 1. The van der Waals surface area contributed by atoms with Crippen LogP contribution in [0.2, 0.25) is 5.02 Å². The Bertz CT molecular complexity index is 1440. The van der Waals surface area contributed by atoms with Gasteiger partial charge in [-0.1, -0.05) is 66.2 Å². The Morgan fingerprint density at radius 3 is 2.23 bits per heavy atom. The van der Waals surface area contributed by atoms with Gasteiger partial charge in [-0.15, -0.1) is 11.8 Å². The third-order valence-corrected chi connectivity index (χ3v) is 6.95. The zero-order valence-electron chi connectivity index (χ0n) is 20.2. The molecule has 5 nitrogen and oxygen atoms in total. The van der Waals surface area contributed by atoms with Crippen molar-refractivity contribution in [3.63, 3.8) is 0 Å². The van der Waals surface area contributed by atoms with Crippen molar-refractivity contribution in [3.8, 4) is 5.75 Å². The Kier molecular flexibility index (Phi) is 9.16. The molecule has 0 heterocycles. The molecule has 0 aliphatic heterocycles. The maximum atomic E-state index is 13.4. The predicted molar refractivity (Wildman–Crippen MR) is 147 cm³/mol. The van der Waals surface area contributed by atoms with E-state index < -0.39 is 22.9 Å². The molecule has 4 aromatic rings. The van der Waals surface area contributed by atoms with Gasteiger partial charge in [-0.2, -0.15) is 13.2 Å². The number of ether oxygens (including phenoxy) is 1. The van der Waals surface area contributed by atoms with Crippen LogP contribution in [0.3, 0.4) is 0 Å². The van der Waals surface area contributed by atoms with Crippen LogP contribution >= 0.6 is 23.4 Å². The number of thioether (sulfide) groups is 1. The average Bonchev–Trinajstić information content (AvgIpc) is 2.92. The van der Waals surface area contributed by atoms with Gasteiger partial charge in [0.2, 0.25) is 5.91 Å². The van der Waals surface area contributed by atoms with Crippen LogP contribution in [0.4, 0.5) is 24.5 Å². The molecular weight excluding hydrogens is 549 g/mol. The molecule has 39 heavy (non-hydrogen) atoms. The summed E-state index contributed by atoms with van der Waals surface area (Å²) in [4.78, 5) is 26.4. The zero-order valence-corrected chi connectivity index (χ0v) is 21.8. The van der Waals surface area contributed by atoms with E-state index in [1.54, 1.807) is 78.9 Å². The molecule has 2 amide bonds. The van der Waals surface area contributed by atoms with Crippen LogP contribution in [0.1, 0.15) is 16.4 Å². The number of amides is 2. The standard InChI is InChI=1S/C29H22ClF3N2O3S/c30-24-15-14-20(29(31,32)33)16-25(24)35-28(37)27(19-8-3-1-4-9-19)39-23-13-7-10-21(17-23)34-26(36)18-38-22-11-5-2-6-12-22/h1-17,27H,18H2,(H,34,36)(H,35,37). The number of rotatable bonds is 9. The lowest BCUT2D eigenvalue weighted by atomic mass is 10.1. The number of anilines is 2. The van der Waals surface area contributed by atoms with Crippen LogP contribution in [0.5, 0.6) is 5.75 Å². The average molecular weight is 571 g/mol. The molecule has 4 aromatic carbocycles. The number of hydrogen-bond acceptors (Lipinski definition) is 4. The molecule has 0 saturated carbocycles. The first kappa shape index (κ1) is 28.1. The highest BCUT2D eigenvalue weighted by Crippen LogP contribution is 2.39. The number of nitrogens with one attached hydrogen (secondary N) is 2. The van der Waals surface area contributed by atoms with Crippen molar-refractivity contribution < 1.29 is 27.5 Å². The fourth-order valence-corrected chi connectivity index (χ4v) is 4.79. The minimum absolute atomic E-state index is 0.0180. The third-order valence-electron chi connectivity index (χ3n) is 5.38. The largest absolute Gasteiger partial charge is 0.484 e. The Balaban J connectivity index is 1.50. The van der Waals surface area contributed by atoms with Gasteiger partial charge >= 0.3 is 6.18 Å². The van der Waals surface area contributed by atoms with Gasteiger partial charge in [0.1, 0.15) is 11.0 Å². The van der Waals surface area contributed by atoms with Gasteiger partial charge in [0.15, 0.2) is 6.61 Å². The zero-order chi connectivity index (χ0) is 27.8. The van der Waals surface area contributed by atoms with E-state index in [0.29, 0.717) is 21.9 Å². The molecular formula is C29H22ClF3N2O3S. The molecule has 0 spiro atoms. The molecule has 200 valence electrons. The summed E-state index contributed by atoms with van der Waals surface area (Å²) in [5, 5.41) is 4.46. The first-order chi connectivity index (χ1) is 18.7. The normalized spacial score (nSPS) is 11.9. The van der Waals surface area contributed by atoms with Gasteiger partial charge in [0.05, 0.1) is 16.3 Å². The van der Waals surface area contributed by atoms with Crippen molar-refractivity contribution in [2.24, 2.45) is 0 Å². The van der Waals surface area contributed by atoms with E-state index in [-0.39, 0.29) is 23.2 Å². The van der Waals surface area contributed by atoms with Crippen LogP contribution in [-0.2, 0) is 15.8 Å². The van der Waals surface area contributed by atoms with Crippen LogP contribution < -0.4 is 15.4 Å². The minimum Gasteiger partial charge on any atom is -0.484 e. The van der Waals surface area contributed by atoms with Crippen molar-refractivity contribution in [1.29, 1.82) is 0 Å². The van der Waals surface area contributed by atoms with Crippen LogP contribution in [0.25, 0.3) is 0 Å². The van der Waals surface area contributed by atoms with Gasteiger partial charge in [-0.3, -0.25) is 9.59 Å². The van der Waals surface area contributed by atoms with E-state index in [4.69, 9.17) is 16.3 Å². The molecule has 0 radical (unpaired) electrons. The first-order valence-corrected chi connectivity index (χ1v) is 12.9. The summed E-state index contributed by atoms with van der Waals surface area (Å²) in [5.74, 6) is -0.356. The lowest BCUT2D eigenvalue weighted by Gasteiger charge is -2.19. The van der Waals surface area contributed by atoms with Crippen molar-refractivity contribution in [1.82, 2.24) is 0 Å². The van der Waals surface area contributed by atoms with Gasteiger partial charge in [-0.05, 0) is 54.1 Å². The second-order valence-corrected chi connectivity index (χ2v) is 9.85. The molecule has 0 saturated heterocycles. The van der Waals surface area contributed by atoms with Crippen molar-refractivity contribution >= 4 is 46.6 Å². The summed E-state index contributed by atoms with van der Waals surface area (Å²) in [7, 11) is 0. The summed E-state index contributed by atoms with van der Waals surface area (Å²) in [6.45, 7) is -0.186. The summed E-state index contributed by atoms with van der Waals surface area (Å²) in [6.07, 6.45) is -4.59. The van der Waals surface area contributed by atoms with Crippen LogP contribution in [0, 0.1) is 0 Å². The Morgan fingerprint density at radius 1 is 0.846 bits per heavy atom. The van der Waals surface area contributed by atoms with Crippen LogP contribution in [0.15, 0.2) is 108 Å². The molecule has 0 bridgehead atoms. The van der Waals surface area contributed by atoms with Gasteiger partial charge in [0.25, 0.3) is 5.91 Å². The molecule has 10 heteroatoms. The second-order valence-electron chi connectivity index (χ2n) is 8.27. The quantitative estimate of drug-likeness (QED) is 0.201. The molecule has 2 N–H and O–H groups in total. The van der Waals surface area contributed by atoms with Crippen molar-refractivity contribution in [3.05, 3.63) is 119 Å². The lowest BCUT2D eigenvalue weighted by Crippen LogP contribution is -2.20. The first-order valence-electron chi connectivity index (χ1n) is 11.7. The third kappa shape index (κ3) is 8.02. The molecule has 0 aliphatic rings. The maximum Gasteiger partial charge on any atom is 0.416 e. The van der Waals surface area contributed by atoms with E-state index in [2.05, 4.69) is 10.6 Å². The van der Waals surface area contributed by atoms with E-state index in [0.717, 1.165) is 18.2 Å². The lowest BCUT2D eigenvalue weighted by molar-refractivity contribution is -0.137. The maximum absolute atomic E-state index is 13.4. The summed E-state index contributed by atoms with van der Waals surface area (Å²) in [6, 6.07) is 27.4.